The second kappa shape index (κ2) is 4.94. The Labute approximate surface area is 91.4 Å². The zero-order chi connectivity index (χ0) is 11.5. The highest BCUT2D eigenvalue weighted by molar-refractivity contribution is 5.86. The van der Waals surface area contributed by atoms with E-state index < -0.39 is 5.54 Å². The summed E-state index contributed by atoms with van der Waals surface area (Å²) in [5.74, 6) is -0.0131. The molecule has 0 aromatic rings. The van der Waals surface area contributed by atoms with Crippen LogP contribution in [0.25, 0.3) is 0 Å². The molecule has 0 saturated carbocycles. The van der Waals surface area contributed by atoms with Crippen molar-refractivity contribution >= 4 is 5.91 Å². The smallest absolute Gasteiger partial charge is 0.242 e. The van der Waals surface area contributed by atoms with E-state index in [1.54, 1.807) is 11.8 Å². The first-order valence-corrected chi connectivity index (χ1v) is 5.73. The topological polar surface area (TPSA) is 66.6 Å². The third-order valence-corrected chi connectivity index (χ3v) is 3.11. The van der Waals surface area contributed by atoms with E-state index in [0.717, 1.165) is 25.8 Å². The van der Waals surface area contributed by atoms with Crippen molar-refractivity contribution in [2.45, 2.75) is 51.1 Å². The summed E-state index contributed by atoms with van der Waals surface area (Å²) < 4.78 is 0. The number of likely N-dealkylation sites (tertiary alicyclic amines) is 1. The second-order valence-electron chi connectivity index (χ2n) is 4.64. The van der Waals surface area contributed by atoms with Crippen molar-refractivity contribution in [3.05, 3.63) is 0 Å². The van der Waals surface area contributed by atoms with Crippen LogP contribution in [0.3, 0.4) is 0 Å². The molecular formula is C11H22N2O2. The Morgan fingerprint density at radius 1 is 1.67 bits per heavy atom. The molecule has 15 heavy (non-hydrogen) atoms. The number of hydrogen-bond acceptors (Lipinski definition) is 3. The molecule has 2 atom stereocenters. The van der Waals surface area contributed by atoms with E-state index in [4.69, 9.17) is 10.8 Å². The molecule has 0 spiro atoms. The summed E-state index contributed by atoms with van der Waals surface area (Å²) in [6, 6.07) is -0.0165. The van der Waals surface area contributed by atoms with Gasteiger partial charge >= 0.3 is 0 Å². The lowest BCUT2D eigenvalue weighted by Crippen LogP contribution is -2.55. The van der Waals surface area contributed by atoms with E-state index in [1.807, 2.05) is 6.92 Å². The summed E-state index contributed by atoms with van der Waals surface area (Å²) in [4.78, 5) is 13.9. The van der Waals surface area contributed by atoms with Crippen molar-refractivity contribution in [3.8, 4) is 0 Å². The molecule has 1 amide bonds. The molecule has 1 saturated heterocycles. The highest BCUT2D eigenvalue weighted by atomic mass is 16.3. The van der Waals surface area contributed by atoms with Crippen LogP contribution in [-0.2, 0) is 4.79 Å². The van der Waals surface area contributed by atoms with E-state index in [-0.39, 0.29) is 18.6 Å². The van der Waals surface area contributed by atoms with Gasteiger partial charge in [0.05, 0.1) is 18.2 Å². The number of amides is 1. The number of hydrogen-bond donors (Lipinski definition) is 2. The summed E-state index contributed by atoms with van der Waals surface area (Å²) in [6.45, 7) is 4.59. The second-order valence-corrected chi connectivity index (χ2v) is 4.64. The van der Waals surface area contributed by atoms with E-state index in [9.17, 15) is 4.79 Å². The van der Waals surface area contributed by atoms with Crippen molar-refractivity contribution in [3.63, 3.8) is 0 Å². The Morgan fingerprint density at radius 3 is 2.87 bits per heavy atom. The standard InChI is InChI=1S/C11H22N2O2/c1-3-6-11(2,12)10(15)13-7-4-5-9(13)8-14/h9,14H,3-8,12H2,1-2H3/t9-,11?/m1/s1. The molecule has 1 heterocycles. The van der Waals surface area contributed by atoms with Gasteiger partial charge < -0.3 is 15.7 Å². The van der Waals surface area contributed by atoms with Crippen LogP contribution in [0.15, 0.2) is 0 Å². The zero-order valence-corrected chi connectivity index (χ0v) is 9.70. The van der Waals surface area contributed by atoms with Gasteiger partial charge in [0.2, 0.25) is 5.91 Å². The minimum absolute atomic E-state index is 0.0131. The monoisotopic (exact) mass is 214 g/mol. The van der Waals surface area contributed by atoms with Gasteiger partial charge in [-0.05, 0) is 26.2 Å². The predicted molar refractivity (Wildman–Crippen MR) is 59.3 cm³/mol. The first kappa shape index (κ1) is 12.5. The fourth-order valence-electron chi connectivity index (χ4n) is 2.25. The highest BCUT2D eigenvalue weighted by Gasteiger charge is 2.37. The van der Waals surface area contributed by atoms with Crippen LogP contribution in [0, 0.1) is 0 Å². The quantitative estimate of drug-likeness (QED) is 0.715. The lowest BCUT2D eigenvalue weighted by Gasteiger charge is -2.32. The normalized spacial score (nSPS) is 25.3. The van der Waals surface area contributed by atoms with Crippen LogP contribution in [0.4, 0.5) is 0 Å². The number of nitrogens with zero attached hydrogens (tertiary/aromatic N) is 1. The van der Waals surface area contributed by atoms with E-state index in [2.05, 4.69) is 0 Å². The molecule has 1 unspecified atom stereocenters. The van der Waals surface area contributed by atoms with Gasteiger partial charge in [-0.2, -0.15) is 0 Å². The molecule has 4 nitrogen and oxygen atoms in total. The van der Waals surface area contributed by atoms with Crippen LogP contribution in [-0.4, -0.2) is 40.6 Å². The van der Waals surface area contributed by atoms with Crippen LogP contribution in [0.1, 0.15) is 39.5 Å². The molecule has 1 fully saturated rings. The fraction of sp³-hybridized carbons (Fsp3) is 0.909. The first-order valence-electron chi connectivity index (χ1n) is 5.73. The number of aliphatic hydroxyl groups is 1. The van der Waals surface area contributed by atoms with Gasteiger partial charge in [-0.1, -0.05) is 13.3 Å². The van der Waals surface area contributed by atoms with Crippen LogP contribution >= 0.6 is 0 Å². The summed E-state index contributed by atoms with van der Waals surface area (Å²) >= 11 is 0. The summed E-state index contributed by atoms with van der Waals surface area (Å²) in [5, 5.41) is 9.15. The van der Waals surface area contributed by atoms with Gasteiger partial charge in [0.25, 0.3) is 0 Å². The number of nitrogens with two attached hydrogens (primary N) is 1. The maximum Gasteiger partial charge on any atom is 0.242 e. The number of carbonyl (C=O) groups is 1. The van der Waals surface area contributed by atoms with E-state index in [0.29, 0.717) is 6.42 Å². The molecule has 1 aliphatic heterocycles. The Hall–Kier alpha value is -0.610. The largest absolute Gasteiger partial charge is 0.394 e. The maximum absolute atomic E-state index is 12.1. The van der Waals surface area contributed by atoms with Gasteiger partial charge in [0.1, 0.15) is 0 Å². The molecule has 1 aliphatic rings. The van der Waals surface area contributed by atoms with Crippen molar-refractivity contribution in [2.24, 2.45) is 5.73 Å². The Balaban J connectivity index is 2.66. The molecule has 0 aromatic carbocycles. The van der Waals surface area contributed by atoms with Crippen molar-refractivity contribution in [1.82, 2.24) is 4.90 Å². The Bertz CT molecular complexity index is 229. The van der Waals surface area contributed by atoms with E-state index >= 15 is 0 Å². The van der Waals surface area contributed by atoms with Gasteiger partial charge in [-0.25, -0.2) is 0 Å². The van der Waals surface area contributed by atoms with Crippen LogP contribution in [0.2, 0.25) is 0 Å². The molecule has 0 aliphatic carbocycles. The zero-order valence-electron chi connectivity index (χ0n) is 9.70. The van der Waals surface area contributed by atoms with Gasteiger partial charge in [-0.15, -0.1) is 0 Å². The third kappa shape index (κ3) is 2.69. The van der Waals surface area contributed by atoms with Crippen molar-refractivity contribution < 1.29 is 9.90 Å². The summed E-state index contributed by atoms with van der Waals surface area (Å²) in [6.07, 6.45) is 3.46. The fourth-order valence-corrected chi connectivity index (χ4v) is 2.25. The van der Waals surface area contributed by atoms with Crippen molar-refractivity contribution in [1.29, 1.82) is 0 Å². The average Bonchev–Trinajstić information content (AvgIpc) is 2.63. The molecule has 1 rings (SSSR count). The molecule has 88 valence electrons. The molecule has 0 aromatic heterocycles. The number of carbonyl (C=O) groups excluding carboxylic acids is 1. The van der Waals surface area contributed by atoms with Gasteiger partial charge in [0.15, 0.2) is 0 Å². The predicted octanol–water partition coefficient (Wildman–Crippen LogP) is 0.487. The summed E-state index contributed by atoms with van der Waals surface area (Å²) in [7, 11) is 0. The maximum atomic E-state index is 12.1. The lowest BCUT2D eigenvalue weighted by molar-refractivity contribution is -0.138. The highest BCUT2D eigenvalue weighted by Crippen LogP contribution is 2.22. The average molecular weight is 214 g/mol. The number of aliphatic hydroxyl groups excluding tert-OH is 1. The SMILES string of the molecule is CCCC(C)(N)C(=O)N1CCC[C@@H]1CO. The lowest BCUT2D eigenvalue weighted by atomic mass is 9.95. The molecular weight excluding hydrogens is 192 g/mol. The molecule has 4 heteroatoms. The van der Waals surface area contributed by atoms with Gasteiger partial charge in [0, 0.05) is 6.54 Å². The minimum Gasteiger partial charge on any atom is -0.394 e. The van der Waals surface area contributed by atoms with Crippen LogP contribution in [0.5, 0.6) is 0 Å². The number of rotatable bonds is 4. The molecule has 3 N–H and O–H groups in total. The van der Waals surface area contributed by atoms with Crippen molar-refractivity contribution in [2.75, 3.05) is 13.2 Å². The van der Waals surface area contributed by atoms with E-state index in [1.165, 1.54) is 0 Å². The van der Waals surface area contributed by atoms with Gasteiger partial charge in [-0.3, -0.25) is 4.79 Å². The third-order valence-electron chi connectivity index (χ3n) is 3.11. The Morgan fingerprint density at radius 2 is 2.33 bits per heavy atom. The Kier molecular flexibility index (Phi) is 4.11. The first-order chi connectivity index (χ1) is 7.03. The molecule has 0 bridgehead atoms. The minimum atomic E-state index is -0.771. The summed E-state index contributed by atoms with van der Waals surface area (Å²) in [5.41, 5.74) is 5.22. The molecule has 0 radical (unpaired) electrons. The van der Waals surface area contributed by atoms with Crippen LogP contribution < -0.4 is 5.73 Å².